The Morgan fingerprint density at radius 3 is 1.99 bits per heavy atom. The first-order valence-electron chi connectivity index (χ1n) is 24.4. The maximum atomic E-state index is 14.7. The summed E-state index contributed by atoms with van der Waals surface area (Å²) in [4.78, 5) is 69.4. The summed E-state index contributed by atoms with van der Waals surface area (Å²) in [5, 5.41) is 2.44. The van der Waals surface area contributed by atoms with Crippen molar-refractivity contribution in [1.29, 1.82) is 0 Å². The predicted octanol–water partition coefficient (Wildman–Crippen LogP) is 7.54. The van der Waals surface area contributed by atoms with E-state index in [9.17, 15) is 14.4 Å². The van der Waals surface area contributed by atoms with E-state index in [-0.39, 0.29) is 17.7 Å². The number of hydrogen-bond acceptors (Lipinski definition) is 12. The number of rotatable bonds is 15. The van der Waals surface area contributed by atoms with Crippen molar-refractivity contribution < 1.29 is 28.6 Å². The van der Waals surface area contributed by atoms with Crippen LogP contribution in [-0.2, 0) is 30.0 Å². The summed E-state index contributed by atoms with van der Waals surface area (Å²) in [5.74, 6) is 1.31. The standard InChI is InChI=1S/C54H60ClN9O6/c1-35(65)63-20-14-53(15-21-63)49-40-28-36(8-11-43(40)56-33-45(49)62(5)51(53)66)37-9-12-47(58-31-37)70-25-7-19-61(4)22-23-64-46-34-57-44-30-42(55)39(38-10-13-48(59-32-38)69-24-6-18-60(2)3)29-41(44)50(46)54(52(64)67)16-26-68-27-17-54/h8-13,28-34H,6-7,14-27H2,1-5H3. The minimum Gasteiger partial charge on any atom is -0.478 e. The number of aromatic nitrogens is 4. The average Bonchev–Trinajstić information content (AvgIpc) is 3.72. The topological polar surface area (TPSA) is 147 Å². The number of nitrogens with zero attached hydrogens (tertiary/aromatic N) is 9. The molecule has 4 aliphatic heterocycles. The molecule has 2 aromatic carbocycles. The molecule has 0 saturated carbocycles. The smallest absolute Gasteiger partial charge is 0.238 e. The third-order valence-corrected chi connectivity index (χ3v) is 15.2. The van der Waals surface area contributed by atoms with Gasteiger partial charge < -0.3 is 38.7 Å². The number of anilines is 2. The Bertz CT molecular complexity index is 2950. The van der Waals surface area contributed by atoms with Crippen LogP contribution in [0.1, 0.15) is 56.6 Å². The van der Waals surface area contributed by atoms with Crippen LogP contribution in [-0.4, -0.2) is 146 Å². The van der Waals surface area contributed by atoms with Crippen molar-refractivity contribution in [3.05, 3.63) is 95.5 Å². The number of amides is 3. The highest BCUT2D eigenvalue weighted by molar-refractivity contribution is 6.34. The third kappa shape index (κ3) is 8.71. The molecule has 2 spiro atoms. The van der Waals surface area contributed by atoms with Crippen molar-refractivity contribution in [2.24, 2.45) is 0 Å². The molecule has 0 atom stereocenters. The molecule has 8 heterocycles. The molecule has 4 aliphatic rings. The summed E-state index contributed by atoms with van der Waals surface area (Å²) in [5.41, 5.74) is 7.46. The highest BCUT2D eigenvalue weighted by atomic mass is 35.5. The van der Waals surface area contributed by atoms with Crippen LogP contribution in [0.5, 0.6) is 11.8 Å². The van der Waals surface area contributed by atoms with Crippen LogP contribution >= 0.6 is 11.6 Å². The highest BCUT2D eigenvalue weighted by Crippen LogP contribution is 2.52. The Labute approximate surface area is 413 Å². The number of halogens is 1. The van der Waals surface area contributed by atoms with Crippen LogP contribution < -0.4 is 19.3 Å². The fourth-order valence-corrected chi connectivity index (χ4v) is 11.3. The highest BCUT2D eigenvalue weighted by Gasteiger charge is 2.54. The zero-order valence-electron chi connectivity index (χ0n) is 40.7. The van der Waals surface area contributed by atoms with E-state index in [2.05, 4.69) is 38.9 Å². The molecule has 0 radical (unpaired) electrons. The van der Waals surface area contributed by atoms with Gasteiger partial charge in [0, 0.05) is 130 Å². The summed E-state index contributed by atoms with van der Waals surface area (Å²) in [7, 11) is 7.98. The zero-order chi connectivity index (χ0) is 48.7. The largest absolute Gasteiger partial charge is 0.478 e. The van der Waals surface area contributed by atoms with E-state index in [0.29, 0.717) is 95.1 Å². The number of ether oxygens (including phenoxy) is 3. The van der Waals surface area contributed by atoms with E-state index in [4.69, 9.17) is 35.8 Å². The van der Waals surface area contributed by atoms with E-state index in [0.717, 1.165) is 92.5 Å². The molecule has 3 amide bonds. The molecule has 10 rings (SSSR count). The maximum Gasteiger partial charge on any atom is 0.238 e. The Balaban J connectivity index is 0.781. The molecule has 15 nitrogen and oxygen atoms in total. The van der Waals surface area contributed by atoms with E-state index in [1.165, 1.54) is 0 Å². The number of likely N-dealkylation sites (N-methyl/N-ethyl adjacent to an activating group) is 2. The molecule has 364 valence electrons. The number of hydrogen-bond donors (Lipinski definition) is 0. The third-order valence-electron chi connectivity index (χ3n) is 14.9. The second-order valence-corrected chi connectivity index (χ2v) is 19.9. The van der Waals surface area contributed by atoms with Gasteiger partial charge >= 0.3 is 0 Å². The van der Waals surface area contributed by atoms with E-state index >= 15 is 0 Å². The molecule has 2 saturated heterocycles. The number of fused-ring (bicyclic) bond motifs is 8. The summed E-state index contributed by atoms with van der Waals surface area (Å²) >= 11 is 6.92. The van der Waals surface area contributed by atoms with Crippen molar-refractivity contribution in [2.75, 3.05) is 104 Å². The van der Waals surface area contributed by atoms with Crippen LogP contribution in [0, 0.1) is 0 Å². The first-order valence-corrected chi connectivity index (χ1v) is 24.8. The van der Waals surface area contributed by atoms with Gasteiger partial charge in [-0.25, -0.2) is 9.97 Å². The number of carbonyl (C=O) groups is 3. The van der Waals surface area contributed by atoms with Crippen molar-refractivity contribution in [3.8, 4) is 34.0 Å². The van der Waals surface area contributed by atoms with Crippen molar-refractivity contribution in [3.63, 3.8) is 0 Å². The van der Waals surface area contributed by atoms with Crippen LogP contribution in [0.3, 0.4) is 0 Å². The minimum absolute atomic E-state index is 0.0367. The van der Waals surface area contributed by atoms with Gasteiger partial charge in [-0.15, -0.1) is 0 Å². The Hall–Kier alpha value is -6.26. The van der Waals surface area contributed by atoms with Crippen molar-refractivity contribution in [1.82, 2.24) is 34.6 Å². The average molecular weight is 967 g/mol. The first-order chi connectivity index (χ1) is 33.9. The normalized spacial score (nSPS) is 17.2. The van der Waals surface area contributed by atoms with Gasteiger partial charge in [0.2, 0.25) is 29.5 Å². The summed E-state index contributed by atoms with van der Waals surface area (Å²) in [6.45, 7) is 7.64. The minimum atomic E-state index is -0.709. The van der Waals surface area contributed by atoms with Gasteiger partial charge in [-0.1, -0.05) is 17.7 Å². The van der Waals surface area contributed by atoms with Gasteiger partial charge in [0.1, 0.15) is 0 Å². The lowest BCUT2D eigenvalue weighted by molar-refractivity contribution is -0.133. The first kappa shape index (κ1) is 47.4. The van der Waals surface area contributed by atoms with Crippen LogP contribution in [0.4, 0.5) is 11.4 Å². The molecular formula is C54H60ClN9O6. The number of benzene rings is 2. The number of pyridine rings is 4. The Kier molecular flexibility index (Phi) is 13.2. The maximum absolute atomic E-state index is 14.7. The predicted molar refractivity (Wildman–Crippen MR) is 272 cm³/mol. The number of likely N-dealkylation sites (tertiary alicyclic amines) is 1. The van der Waals surface area contributed by atoms with E-state index < -0.39 is 10.8 Å². The Morgan fingerprint density at radius 2 is 1.31 bits per heavy atom. The second-order valence-electron chi connectivity index (χ2n) is 19.5. The fraction of sp³-hybridized carbons (Fsp3) is 0.426. The molecule has 0 unspecified atom stereocenters. The van der Waals surface area contributed by atoms with Gasteiger partial charge in [-0.2, -0.15) is 0 Å². The molecular weight excluding hydrogens is 906 g/mol. The van der Waals surface area contributed by atoms with Gasteiger partial charge in [0.15, 0.2) is 0 Å². The number of piperidine rings is 1. The SMILES string of the molecule is CC(=O)N1CCC2(CC1)C(=O)N(C)c1cnc3ccc(-c4ccc(OCCCN(C)CCN5C(=O)C6(CCOCC6)c6c5cnc5cc(Cl)c(-c7ccc(OCCCN(C)C)nc7)cc65)nc4)cc3c12. The molecule has 0 aliphatic carbocycles. The summed E-state index contributed by atoms with van der Waals surface area (Å²) < 4.78 is 17.8. The lowest BCUT2D eigenvalue weighted by Crippen LogP contribution is -2.49. The quantitative estimate of drug-likeness (QED) is 0.0938. The lowest BCUT2D eigenvalue weighted by Gasteiger charge is -2.38. The summed E-state index contributed by atoms with van der Waals surface area (Å²) in [6.07, 6.45) is 11.3. The van der Waals surface area contributed by atoms with Crippen LogP contribution in [0.25, 0.3) is 44.1 Å². The number of carbonyl (C=O) groups excluding carboxylic acids is 3. The Morgan fingerprint density at radius 1 is 0.700 bits per heavy atom. The summed E-state index contributed by atoms with van der Waals surface area (Å²) in [6, 6.07) is 17.9. The molecule has 0 N–H and O–H groups in total. The van der Waals surface area contributed by atoms with Crippen molar-refractivity contribution in [2.45, 2.75) is 56.3 Å². The van der Waals surface area contributed by atoms with Crippen LogP contribution in [0.15, 0.2) is 79.4 Å². The molecule has 0 bridgehead atoms. The second kappa shape index (κ2) is 19.5. The molecule has 70 heavy (non-hydrogen) atoms. The van der Waals surface area contributed by atoms with Gasteiger partial charge in [0.05, 0.1) is 63.9 Å². The van der Waals surface area contributed by atoms with E-state index in [1.54, 1.807) is 24.2 Å². The van der Waals surface area contributed by atoms with Crippen molar-refractivity contribution >= 4 is 62.5 Å². The van der Waals surface area contributed by atoms with E-state index in [1.807, 2.05) is 85.8 Å². The van der Waals surface area contributed by atoms with Gasteiger partial charge in [-0.3, -0.25) is 24.4 Å². The lowest BCUT2D eigenvalue weighted by atomic mass is 9.72. The molecule has 2 fully saturated rings. The van der Waals surface area contributed by atoms with Gasteiger partial charge in [-0.05, 0) is 102 Å². The van der Waals surface area contributed by atoms with Gasteiger partial charge in [0.25, 0.3) is 0 Å². The molecule has 6 aromatic rings. The fourth-order valence-electron chi connectivity index (χ4n) is 11.0. The van der Waals surface area contributed by atoms with Crippen LogP contribution in [0.2, 0.25) is 5.02 Å². The monoisotopic (exact) mass is 965 g/mol. The zero-order valence-corrected chi connectivity index (χ0v) is 41.4. The molecule has 16 heteroatoms. The molecule has 4 aromatic heterocycles.